The number of nitrogens with zero attached hydrogens (tertiary/aromatic N) is 2. The molecule has 2 rings (SSSR count). The first-order chi connectivity index (χ1) is 9.58. The summed E-state index contributed by atoms with van der Waals surface area (Å²) in [5.74, 6) is 0. The minimum absolute atomic E-state index is 0.0622. The Hall–Kier alpha value is -1.71. The maximum atomic E-state index is 6.19. The molecule has 0 radical (unpaired) electrons. The Bertz CT molecular complexity index is 537. The van der Waals surface area contributed by atoms with E-state index < -0.39 is 0 Å². The van der Waals surface area contributed by atoms with Crippen molar-refractivity contribution in [2.24, 2.45) is 5.73 Å². The molecule has 3 nitrogen and oxygen atoms in total. The average molecular weight is 269 g/mol. The molecule has 2 unspecified atom stereocenters. The predicted molar refractivity (Wildman–Crippen MR) is 83.3 cm³/mol. The van der Waals surface area contributed by atoms with E-state index in [0.717, 1.165) is 6.54 Å². The largest absolute Gasteiger partial charge is 0.326 e. The third kappa shape index (κ3) is 3.65. The summed E-state index contributed by atoms with van der Waals surface area (Å²) in [6.07, 6.45) is 3.65. The van der Waals surface area contributed by atoms with Crippen molar-refractivity contribution in [1.82, 2.24) is 9.88 Å². The van der Waals surface area contributed by atoms with Crippen LogP contribution in [0, 0.1) is 6.92 Å². The molecule has 0 aliphatic carbocycles. The molecular formula is C17H23N3. The van der Waals surface area contributed by atoms with E-state index in [0.29, 0.717) is 0 Å². The van der Waals surface area contributed by atoms with Gasteiger partial charge in [-0.25, -0.2) is 0 Å². The van der Waals surface area contributed by atoms with E-state index in [9.17, 15) is 0 Å². The lowest BCUT2D eigenvalue weighted by molar-refractivity contribution is 0.211. The van der Waals surface area contributed by atoms with Crippen LogP contribution in [-0.2, 0) is 6.54 Å². The zero-order valence-corrected chi connectivity index (χ0v) is 12.5. The van der Waals surface area contributed by atoms with Gasteiger partial charge in [0, 0.05) is 31.0 Å². The van der Waals surface area contributed by atoms with Gasteiger partial charge in [0.05, 0.1) is 0 Å². The number of likely N-dealkylation sites (N-methyl/N-ethyl adjacent to an activating group) is 1. The SMILES string of the molecule is Cc1cccc(CN(C)C(c2ccncc2)C(C)N)c1. The normalized spacial score (nSPS) is 14.2. The van der Waals surface area contributed by atoms with Gasteiger partial charge >= 0.3 is 0 Å². The second-order valence-corrected chi connectivity index (χ2v) is 5.49. The number of aryl methyl sites for hydroxylation is 1. The Morgan fingerprint density at radius 3 is 2.50 bits per heavy atom. The van der Waals surface area contributed by atoms with E-state index >= 15 is 0 Å². The van der Waals surface area contributed by atoms with Crippen LogP contribution >= 0.6 is 0 Å². The Labute approximate surface area is 121 Å². The number of benzene rings is 1. The molecule has 0 fully saturated rings. The van der Waals surface area contributed by atoms with Crippen LogP contribution in [0.15, 0.2) is 48.8 Å². The summed E-state index contributed by atoms with van der Waals surface area (Å²) in [7, 11) is 2.12. The number of aromatic nitrogens is 1. The Balaban J connectivity index is 2.18. The quantitative estimate of drug-likeness (QED) is 0.907. The Morgan fingerprint density at radius 2 is 1.90 bits per heavy atom. The minimum Gasteiger partial charge on any atom is -0.326 e. The van der Waals surface area contributed by atoms with Gasteiger partial charge in [0.1, 0.15) is 0 Å². The van der Waals surface area contributed by atoms with Crippen molar-refractivity contribution in [2.75, 3.05) is 7.05 Å². The second kappa shape index (κ2) is 6.64. The van der Waals surface area contributed by atoms with Gasteiger partial charge in [0.25, 0.3) is 0 Å². The molecule has 0 aliphatic rings. The average Bonchev–Trinajstić information content (AvgIpc) is 2.39. The lowest BCUT2D eigenvalue weighted by Crippen LogP contribution is -2.37. The van der Waals surface area contributed by atoms with Crippen molar-refractivity contribution in [3.63, 3.8) is 0 Å². The van der Waals surface area contributed by atoms with Crippen molar-refractivity contribution >= 4 is 0 Å². The van der Waals surface area contributed by atoms with E-state index in [1.54, 1.807) is 0 Å². The Kier molecular flexibility index (Phi) is 4.88. The highest BCUT2D eigenvalue weighted by atomic mass is 15.1. The standard InChI is InChI=1S/C17H23N3/c1-13-5-4-6-15(11-13)12-20(3)17(14(2)18)16-7-9-19-10-8-16/h4-11,14,17H,12,18H2,1-3H3. The summed E-state index contributed by atoms with van der Waals surface area (Å²) in [6, 6.07) is 12.9. The molecular weight excluding hydrogens is 246 g/mol. The zero-order chi connectivity index (χ0) is 14.5. The minimum atomic E-state index is 0.0622. The molecule has 106 valence electrons. The molecule has 1 heterocycles. The lowest BCUT2D eigenvalue weighted by Gasteiger charge is -2.31. The van der Waals surface area contributed by atoms with Gasteiger partial charge in [0.15, 0.2) is 0 Å². The van der Waals surface area contributed by atoms with Crippen molar-refractivity contribution < 1.29 is 0 Å². The smallest absolute Gasteiger partial charge is 0.0498 e. The number of hydrogen-bond acceptors (Lipinski definition) is 3. The Morgan fingerprint density at radius 1 is 1.20 bits per heavy atom. The summed E-state index contributed by atoms with van der Waals surface area (Å²) < 4.78 is 0. The van der Waals surface area contributed by atoms with Crippen LogP contribution in [0.5, 0.6) is 0 Å². The number of hydrogen-bond donors (Lipinski definition) is 1. The third-order valence-electron chi connectivity index (χ3n) is 3.53. The van der Waals surface area contributed by atoms with Gasteiger partial charge in [0.2, 0.25) is 0 Å². The van der Waals surface area contributed by atoms with Crippen LogP contribution in [0.4, 0.5) is 0 Å². The van der Waals surface area contributed by atoms with Gasteiger partial charge in [-0.1, -0.05) is 29.8 Å². The molecule has 3 heteroatoms. The van der Waals surface area contributed by atoms with E-state index in [2.05, 4.69) is 55.0 Å². The van der Waals surface area contributed by atoms with Crippen LogP contribution in [0.2, 0.25) is 0 Å². The third-order valence-corrected chi connectivity index (χ3v) is 3.53. The fraction of sp³-hybridized carbons (Fsp3) is 0.353. The first-order valence-electron chi connectivity index (χ1n) is 6.99. The molecule has 2 aromatic rings. The van der Waals surface area contributed by atoms with Gasteiger partial charge in [-0.3, -0.25) is 9.88 Å². The molecule has 1 aromatic heterocycles. The molecule has 0 bridgehead atoms. The second-order valence-electron chi connectivity index (χ2n) is 5.49. The van der Waals surface area contributed by atoms with Gasteiger partial charge in [-0.15, -0.1) is 0 Å². The van der Waals surface area contributed by atoms with Gasteiger partial charge < -0.3 is 5.73 Å². The van der Waals surface area contributed by atoms with Crippen LogP contribution in [-0.4, -0.2) is 23.0 Å². The van der Waals surface area contributed by atoms with E-state index in [1.165, 1.54) is 16.7 Å². The summed E-state index contributed by atoms with van der Waals surface area (Å²) in [5.41, 5.74) is 10.0. The first kappa shape index (κ1) is 14.7. The van der Waals surface area contributed by atoms with Gasteiger partial charge in [-0.05, 0) is 44.2 Å². The summed E-state index contributed by atoms with van der Waals surface area (Å²) >= 11 is 0. The van der Waals surface area contributed by atoms with Gasteiger partial charge in [-0.2, -0.15) is 0 Å². The van der Waals surface area contributed by atoms with E-state index in [1.807, 2.05) is 24.5 Å². The highest BCUT2D eigenvalue weighted by Crippen LogP contribution is 2.23. The molecule has 0 aliphatic heterocycles. The zero-order valence-electron chi connectivity index (χ0n) is 12.5. The first-order valence-corrected chi connectivity index (χ1v) is 6.99. The van der Waals surface area contributed by atoms with Crippen molar-refractivity contribution in [2.45, 2.75) is 32.5 Å². The highest BCUT2D eigenvalue weighted by Gasteiger charge is 2.21. The molecule has 2 atom stereocenters. The van der Waals surface area contributed by atoms with E-state index in [4.69, 9.17) is 5.73 Å². The van der Waals surface area contributed by atoms with Crippen LogP contribution in [0.1, 0.15) is 29.7 Å². The number of rotatable bonds is 5. The fourth-order valence-corrected chi connectivity index (χ4v) is 2.72. The van der Waals surface area contributed by atoms with Crippen molar-refractivity contribution in [3.05, 3.63) is 65.5 Å². The van der Waals surface area contributed by atoms with E-state index in [-0.39, 0.29) is 12.1 Å². The molecule has 2 N–H and O–H groups in total. The lowest BCUT2D eigenvalue weighted by atomic mass is 10.00. The number of pyridine rings is 1. The molecule has 0 saturated heterocycles. The van der Waals surface area contributed by atoms with Crippen LogP contribution in [0.25, 0.3) is 0 Å². The summed E-state index contributed by atoms with van der Waals surface area (Å²) in [6.45, 7) is 5.06. The molecule has 0 amide bonds. The fourth-order valence-electron chi connectivity index (χ4n) is 2.72. The number of nitrogens with two attached hydrogens (primary N) is 1. The monoisotopic (exact) mass is 269 g/mol. The predicted octanol–water partition coefficient (Wildman–Crippen LogP) is 2.91. The topological polar surface area (TPSA) is 42.2 Å². The summed E-state index contributed by atoms with van der Waals surface area (Å²) in [4.78, 5) is 6.38. The van der Waals surface area contributed by atoms with Crippen molar-refractivity contribution in [3.8, 4) is 0 Å². The molecule has 0 saturated carbocycles. The van der Waals surface area contributed by atoms with Crippen LogP contribution < -0.4 is 5.73 Å². The molecule has 1 aromatic carbocycles. The maximum Gasteiger partial charge on any atom is 0.0498 e. The maximum absolute atomic E-state index is 6.19. The van der Waals surface area contributed by atoms with Crippen LogP contribution in [0.3, 0.4) is 0 Å². The summed E-state index contributed by atoms with van der Waals surface area (Å²) in [5, 5.41) is 0. The highest BCUT2D eigenvalue weighted by molar-refractivity contribution is 5.23. The molecule has 20 heavy (non-hydrogen) atoms. The molecule has 0 spiro atoms. The van der Waals surface area contributed by atoms with Crippen molar-refractivity contribution in [1.29, 1.82) is 0 Å².